The number of carbonyl (C=O) groups is 2. The molecule has 0 heterocycles. The van der Waals surface area contributed by atoms with E-state index in [1.807, 2.05) is 6.92 Å². The molecule has 7 nitrogen and oxygen atoms in total. The second-order valence-corrected chi connectivity index (χ2v) is 3.33. The average Bonchev–Trinajstić information content (AvgIpc) is 2.34. The lowest BCUT2D eigenvalue weighted by Crippen LogP contribution is -2.46. The van der Waals surface area contributed by atoms with Crippen molar-refractivity contribution in [1.29, 1.82) is 0 Å². The van der Waals surface area contributed by atoms with Gasteiger partial charge in [0, 0.05) is 11.5 Å². The Morgan fingerprint density at radius 3 is 2.76 bits per heavy atom. The van der Waals surface area contributed by atoms with Crippen molar-refractivity contribution in [2.75, 3.05) is 13.1 Å². The summed E-state index contributed by atoms with van der Waals surface area (Å²) in [6.45, 7) is 5.49. The third-order valence-corrected chi connectivity index (χ3v) is 1.96. The molecule has 0 atom stereocenters. The van der Waals surface area contributed by atoms with E-state index in [1.54, 1.807) is 0 Å². The fourth-order valence-electron chi connectivity index (χ4n) is 1.13. The van der Waals surface area contributed by atoms with Gasteiger partial charge in [-0.05, 0) is 18.0 Å². The van der Waals surface area contributed by atoms with Crippen LogP contribution in [0.5, 0.6) is 0 Å². The molecule has 0 aliphatic heterocycles. The van der Waals surface area contributed by atoms with Crippen LogP contribution < -0.4 is 5.43 Å². The highest BCUT2D eigenvalue weighted by Crippen LogP contribution is 1.97. The number of amides is 2. The fraction of sp³-hybridized carbons (Fsp3) is 0.600. The molecule has 0 aromatic rings. The molecule has 17 heavy (non-hydrogen) atoms. The summed E-state index contributed by atoms with van der Waals surface area (Å²) in [5, 5.41) is 4.29. The van der Waals surface area contributed by atoms with Gasteiger partial charge < -0.3 is 0 Å². The largest absolute Gasteiger partial charge is 0.273 e. The van der Waals surface area contributed by atoms with E-state index < -0.39 is 5.91 Å². The Hall–Kier alpha value is -2.01. The number of nitrogens with zero attached hydrogens (tertiary/aromatic N) is 4. The van der Waals surface area contributed by atoms with E-state index in [9.17, 15) is 9.59 Å². The van der Waals surface area contributed by atoms with Crippen LogP contribution in [-0.2, 0) is 9.59 Å². The van der Waals surface area contributed by atoms with Crippen molar-refractivity contribution in [3.63, 3.8) is 0 Å². The van der Waals surface area contributed by atoms with E-state index in [1.165, 1.54) is 5.01 Å². The summed E-state index contributed by atoms with van der Waals surface area (Å²) in [5.74, 6) is -0.898. The zero-order chi connectivity index (χ0) is 13.1. The Morgan fingerprint density at radius 1 is 1.53 bits per heavy atom. The van der Waals surface area contributed by atoms with Crippen LogP contribution in [0.1, 0.15) is 26.2 Å². The average molecular weight is 239 g/mol. The van der Waals surface area contributed by atoms with Gasteiger partial charge in [-0.3, -0.25) is 20.0 Å². The topological polar surface area (TPSA) is 98.2 Å². The summed E-state index contributed by atoms with van der Waals surface area (Å²) in [7, 11) is 0. The molecule has 0 rings (SSSR count). The maximum Gasteiger partial charge on any atom is 0.264 e. The lowest BCUT2D eigenvalue weighted by molar-refractivity contribution is -0.137. The SMILES string of the molecule is C=CC(=O)N(CCCCC)NC(=O)CN=[N+]=[N-]. The zero-order valence-corrected chi connectivity index (χ0v) is 9.93. The Balaban J connectivity index is 4.27. The number of hydrazine groups is 1. The zero-order valence-electron chi connectivity index (χ0n) is 9.93. The molecule has 0 aliphatic carbocycles. The molecule has 0 fully saturated rings. The summed E-state index contributed by atoms with van der Waals surface area (Å²) in [6, 6.07) is 0. The Kier molecular flexibility index (Phi) is 8.14. The minimum Gasteiger partial charge on any atom is -0.273 e. The number of azide groups is 1. The van der Waals surface area contributed by atoms with Gasteiger partial charge in [-0.25, -0.2) is 0 Å². The van der Waals surface area contributed by atoms with Crippen molar-refractivity contribution in [3.05, 3.63) is 23.1 Å². The van der Waals surface area contributed by atoms with Gasteiger partial charge in [0.05, 0.1) is 0 Å². The summed E-state index contributed by atoms with van der Waals surface area (Å²) < 4.78 is 0. The van der Waals surface area contributed by atoms with Crippen molar-refractivity contribution in [2.45, 2.75) is 26.2 Å². The third-order valence-electron chi connectivity index (χ3n) is 1.96. The number of unbranched alkanes of at least 4 members (excludes halogenated alkanes) is 2. The van der Waals surface area contributed by atoms with Crippen molar-refractivity contribution in [2.24, 2.45) is 5.11 Å². The highest BCUT2D eigenvalue weighted by molar-refractivity contribution is 5.89. The van der Waals surface area contributed by atoms with Crippen LogP contribution >= 0.6 is 0 Å². The summed E-state index contributed by atoms with van der Waals surface area (Å²) >= 11 is 0. The predicted molar refractivity (Wildman–Crippen MR) is 63.6 cm³/mol. The standard InChI is InChI=1S/C10H17N5O2/c1-3-5-6-7-15(10(17)4-2)13-9(16)8-12-14-11/h4H,2-3,5-8H2,1H3,(H,13,16). The maximum atomic E-state index is 11.4. The Labute approximate surface area is 100 Å². The molecule has 0 aromatic heterocycles. The van der Waals surface area contributed by atoms with Gasteiger partial charge in [0.2, 0.25) is 5.91 Å². The van der Waals surface area contributed by atoms with Gasteiger partial charge in [0.15, 0.2) is 0 Å². The number of nitrogens with one attached hydrogen (secondary N) is 1. The second-order valence-electron chi connectivity index (χ2n) is 3.33. The molecule has 0 spiro atoms. The monoisotopic (exact) mass is 239 g/mol. The molecule has 1 N–H and O–H groups in total. The number of hydrogen-bond donors (Lipinski definition) is 1. The molecule has 0 saturated heterocycles. The van der Waals surface area contributed by atoms with Crippen molar-refractivity contribution in [3.8, 4) is 0 Å². The van der Waals surface area contributed by atoms with Crippen LogP contribution in [0.3, 0.4) is 0 Å². The van der Waals surface area contributed by atoms with Crippen LogP contribution in [0.4, 0.5) is 0 Å². The molecule has 0 saturated carbocycles. The van der Waals surface area contributed by atoms with E-state index in [2.05, 4.69) is 22.0 Å². The first-order valence-corrected chi connectivity index (χ1v) is 5.40. The summed E-state index contributed by atoms with van der Waals surface area (Å²) in [5.41, 5.74) is 10.4. The van der Waals surface area contributed by atoms with Crippen LogP contribution in [0.2, 0.25) is 0 Å². The molecule has 0 aliphatic rings. The van der Waals surface area contributed by atoms with Gasteiger partial charge in [-0.2, -0.15) is 0 Å². The second kappa shape index (κ2) is 9.23. The highest BCUT2D eigenvalue weighted by Gasteiger charge is 2.12. The van der Waals surface area contributed by atoms with Crippen LogP contribution in [0.15, 0.2) is 17.8 Å². The Morgan fingerprint density at radius 2 is 2.24 bits per heavy atom. The molecule has 0 aromatic carbocycles. The van der Waals surface area contributed by atoms with Crippen molar-refractivity contribution >= 4 is 11.8 Å². The van der Waals surface area contributed by atoms with Gasteiger partial charge in [0.25, 0.3) is 5.91 Å². The first-order chi connectivity index (χ1) is 8.15. The van der Waals surface area contributed by atoms with Crippen LogP contribution in [-0.4, -0.2) is 29.9 Å². The maximum absolute atomic E-state index is 11.4. The van der Waals surface area contributed by atoms with Gasteiger partial charge in [-0.15, -0.1) is 0 Å². The highest BCUT2D eigenvalue weighted by atomic mass is 16.2. The summed E-state index contributed by atoms with van der Waals surface area (Å²) in [6.07, 6.45) is 3.90. The molecule has 0 bridgehead atoms. The molecular weight excluding hydrogens is 222 g/mol. The molecule has 7 heteroatoms. The minimum atomic E-state index is -0.519. The number of hydrogen-bond acceptors (Lipinski definition) is 3. The predicted octanol–water partition coefficient (Wildman–Crippen LogP) is 1.53. The van der Waals surface area contributed by atoms with Crippen LogP contribution in [0.25, 0.3) is 10.4 Å². The van der Waals surface area contributed by atoms with Gasteiger partial charge in [0.1, 0.15) is 6.54 Å². The smallest absolute Gasteiger partial charge is 0.264 e. The third kappa shape index (κ3) is 6.97. The molecule has 0 radical (unpaired) electrons. The normalized spacial score (nSPS) is 9.00. The van der Waals surface area contributed by atoms with Crippen LogP contribution in [0, 0.1) is 0 Å². The van der Waals surface area contributed by atoms with E-state index in [4.69, 9.17) is 5.53 Å². The quantitative estimate of drug-likeness (QED) is 0.182. The molecule has 94 valence electrons. The van der Waals surface area contributed by atoms with Crippen molar-refractivity contribution < 1.29 is 9.59 Å². The van der Waals surface area contributed by atoms with E-state index in [0.29, 0.717) is 6.54 Å². The Bertz CT molecular complexity index is 323. The minimum absolute atomic E-state index is 0.328. The van der Waals surface area contributed by atoms with E-state index in [0.717, 1.165) is 25.3 Å². The first kappa shape index (κ1) is 15.0. The number of rotatable bonds is 7. The van der Waals surface area contributed by atoms with E-state index in [-0.39, 0.29) is 12.5 Å². The molecule has 0 unspecified atom stereocenters. The lowest BCUT2D eigenvalue weighted by Gasteiger charge is -2.21. The number of carbonyl (C=O) groups excluding carboxylic acids is 2. The molecular formula is C10H17N5O2. The van der Waals surface area contributed by atoms with Crippen molar-refractivity contribution in [1.82, 2.24) is 10.4 Å². The van der Waals surface area contributed by atoms with E-state index >= 15 is 0 Å². The summed E-state index contributed by atoms with van der Waals surface area (Å²) in [4.78, 5) is 25.1. The van der Waals surface area contributed by atoms with Gasteiger partial charge in [-0.1, -0.05) is 31.5 Å². The first-order valence-electron chi connectivity index (χ1n) is 5.40. The fourth-order valence-corrected chi connectivity index (χ4v) is 1.13. The molecule has 2 amide bonds. The van der Waals surface area contributed by atoms with Gasteiger partial charge >= 0.3 is 0 Å². The lowest BCUT2D eigenvalue weighted by atomic mass is 10.2.